The van der Waals surface area contributed by atoms with Crippen molar-refractivity contribution in [2.24, 2.45) is 0 Å². The van der Waals surface area contributed by atoms with Gasteiger partial charge in [-0.1, -0.05) is 0 Å². The number of benzene rings is 1. The van der Waals surface area contributed by atoms with Crippen molar-refractivity contribution >= 4 is 11.6 Å². The number of hydrogen-bond acceptors (Lipinski definition) is 4. The van der Waals surface area contributed by atoms with Gasteiger partial charge in [-0.2, -0.15) is 5.26 Å². The van der Waals surface area contributed by atoms with E-state index in [-0.39, 0.29) is 12.0 Å². The van der Waals surface area contributed by atoms with Crippen LogP contribution in [0.2, 0.25) is 0 Å². The molecule has 20 heavy (non-hydrogen) atoms. The van der Waals surface area contributed by atoms with Gasteiger partial charge >= 0.3 is 0 Å². The fourth-order valence-electron chi connectivity index (χ4n) is 1.44. The molecule has 0 unspecified atom stereocenters. The van der Waals surface area contributed by atoms with Gasteiger partial charge in [-0.25, -0.2) is 0 Å². The van der Waals surface area contributed by atoms with Gasteiger partial charge in [0, 0.05) is 13.2 Å². The SMILES string of the molecule is COC(C)(C)C(=O)Nc1ccc(OC(C)C)cc1C#N. The van der Waals surface area contributed by atoms with E-state index >= 15 is 0 Å². The molecule has 0 bridgehead atoms. The number of rotatable bonds is 5. The largest absolute Gasteiger partial charge is 0.491 e. The Bertz CT molecular complexity index is 530. The van der Waals surface area contributed by atoms with E-state index in [1.54, 1.807) is 32.0 Å². The quantitative estimate of drug-likeness (QED) is 0.897. The maximum absolute atomic E-state index is 12.0. The molecule has 1 N–H and O–H groups in total. The molecule has 0 spiro atoms. The zero-order valence-electron chi connectivity index (χ0n) is 12.5. The minimum atomic E-state index is -0.959. The molecule has 1 aromatic rings. The Labute approximate surface area is 119 Å². The summed E-state index contributed by atoms with van der Waals surface area (Å²) in [4.78, 5) is 12.0. The Hall–Kier alpha value is -2.06. The van der Waals surface area contributed by atoms with Crippen LogP contribution in [0.15, 0.2) is 18.2 Å². The molecular weight excluding hydrogens is 256 g/mol. The van der Waals surface area contributed by atoms with Crippen LogP contribution in [0.1, 0.15) is 33.3 Å². The average molecular weight is 276 g/mol. The van der Waals surface area contributed by atoms with E-state index in [0.29, 0.717) is 17.0 Å². The van der Waals surface area contributed by atoms with Crippen molar-refractivity contribution in [1.29, 1.82) is 5.26 Å². The number of nitriles is 1. The summed E-state index contributed by atoms with van der Waals surface area (Å²) < 4.78 is 10.6. The first kappa shape index (κ1) is 16.0. The monoisotopic (exact) mass is 276 g/mol. The minimum absolute atomic E-state index is 0.0226. The third kappa shape index (κ3) is 3.97. The second-order valence-corrected chi connectivity index (χ2v) is 5.15. The van der Waals surface area contributed by atoms with E-state index in [2.05, 4.69) is 5.32 Å². The van der Waals surface area contributed by atoms with Crippen LogP contribution in [-0.2, 0) is 9.53 Å². The summed E-state index contributed by atoms with van der Waals surface area (Å²) in [6.45, 7) is 7.13. The molecule has 0 fully saturated rings. The molecule has 0 aliphatic heterocycles. The Kier molecular flexibility index (Phi) is 5.12. The standard InChI is InChI=1S/C15H20N2O3/c1-10(2)20-12-6-7-13(11(8-12)9-16)17-14(18)15(3,4)19-5/h6-8,10H,1-5H3,(H,17,18). The summed E-state index contributed by atoms with van der Waals surface area (Å²) in [5.41, 5.74) is -0.165. The molecule has 5 nitrogen and oxygen atoms in total. The van der Waals surface area contributed by atoms with Crippen molar-refractivity contribution in [1.82, 2.24) is 0 Å². The van der Waals surface area contributed by atoms with Crippen molar-refractivity contribution in [3.63, 3.8) is 0 Å². The highest BCUT2D eigenvalue weighted by atomic mass is 16.5. The minimum Gasteiger partial charge on any atom is -0.491 e. The first-order chi connectivity index (χ1) is 9.30. The number of carbonyl (C=O) groups excluding carboxylic acids is 1. The van der Waals surface area contributed by atoms with Gasteiger partial charge in [0.05, 0.1) is 17.4 Å². The number of amides is 1. The van der Waals surface area contributed by atoms with Crippen molar-refractivity contribution in [2.75, 3.05) is 12.4 Å². The van der Waals surface area contributed by atoms with E-state index < -0.39 is 5.60 Å². The molecule has 0 saturated carbocycles. The lowest BCUT2D eigenvalue weighted by Gasteiger charge is -2.22. The van der Waals surface area contributed by atoms with Crippen LogP contribution in [0, 0.1) is 11.3 Å². The van der Waals surface area contributed by atoms with Crippen molar-refractivity contribution in [3.05, 3.63) is 23.8 Å². The van der Waals surface area contributed by atoms with Crippen LogP contribution < -0.4 is 10.1 Å². The van der Waals surface area contributed by atoms with Crippen LogP contribution in [0.3, 0.4) is 0 Å². The molecule has 0 aliphatic carbocycles. The lowest BCUT2D eigenvalue weighted by atomic mass is 10.1. The summed E-state index contributed by atoms with van der Waals surface area (Å²) in [5, 5.41) is 11.9. The Balaban J connectivity index is 2.97. The zero-order chi connectivity index (χ0) is 15.3. The number of nitrogens with zero attached hydrogens (tertiary/aromatic N) is 1. The Morgan fingerprint density at radius 2 is 2.05 bits per heavy atom. The zero-order valence-corrected chi connectivity index (χ0v) is 12.5. The number of nitrogens with one attached hydrogen (secondary N) is 1. The highest BCUT2D eigenvalue weighted by molar-refractivity contribution is 5.97. The fourth-order valence-corrected chi connectivity index (χ4v) is 1.44. The molecule has 1 amide bonds. The molecule has 0 aromatic heterocycles. The van der Waals surface area contributed by atoms with Crippen LogP contribution >= 0.6 is 0 Å². The third-order valence-electron chi connectivity index (χ3n) is 2.79. The molecular formula is C15H20N2O3. The van der Waals surface area contributed by atoms with Crippen molar-refractivity contribution in [2.45, 2.75) is 39.4 Å². The highest BCUT2D eigenvalue weighted by Gasteiger charge is 2.27. The van der Waals surface area contributed by atoms with Gasteiger partial charge in [-0.15, -0.1) is 0 Å². The maximum atomic E-state index is 12.0. The van der Waals surface area contributed by atoms with E-state index in [1.807, 2.05) is 19.9 Å². The van der Waals surface area contributed by atoms with Gasteiger partial charge in [-0.05, 0) is 39.8 Å². The van der Waals surface area contributed by atoms with Gasteiger partial charge in [0.25, 0.3) is 5.91 Å². The molecule has 1 aromatic carbocycles. The summed E-state index contributed by atoms with van der Waals surface area (Å²) in [5.74, 6) is 0.287. The smallest absolute Gasteiger partial charge is 0.256 e. The first-order valence-electron chi connectivity index (χ1n) is 6.37. The predicted octanol–water partition coefficient (Wildman–Crippen LogP) is 2.71. The van der Waals surface area contributed by atoms with Gasteiger partial charge in [-0.3, -0.25) is 4.79 Å². The van der Waals surface area contributed by atoms with E-state index in [0.717, 1.165) is 0 Å². The topological polar surface area (TPSA) is 71.3 Å². The highest BCUT2D eigenvalue weighted by Crippen LogP contribution is 2.23. The molecule has 0 atom stereocenters. The van der Waals surface area contributed by atoms with E-state index in [1.165, 1.54) is 7.11 Å². The first-order valence-corrected chi connectivity index (χ1v) is 6.37. The van der Waals surface area contributed by atoms with Gasteiger partial charge in [0.1, 0.15) is 17.4 Å². The van der Waals surface area contributed by atoms with Crippen LogP contribution in [0.25, 0.3) is 0 Å². The van der Waals surface area contributed by atoms with E-state index in [4.69, 9.17) is 14.7 Å². The molecule has 108 valence electrons. The van der Waals surface area contributed by atoms with Crippen molar-refractivity contribution in [3.8, 4) is 11.8 Å². The van der Waals surface area contributed by atoms with Crippen LogP contribution in [-0.4, -0.2) is 24.7 Å². The number of methoxy groups -OCH3 is 1. The van der Waals surface area contributed by atoms with Gasteiger partial charge in [0.2, 0.25) is 0 Å². The Morgan fingerprint density at radius 1 is 1.40 bits per heavy atom. The molecule has 0 heterocycles. The summed E-state index contributed by atoms with van der Waals surface area (Å²) in [6, 6.07) is 7.03. The molecule has 0 aliphatic rings. The third-order valence-corrected chi connectivity index (χ3v) is 2.79. The normalized spacial score (nSPS) is 11.1. The van der Waals surface area contributed by atoms with Gasteiger partial charge in [0.15, 0.2) is 0 Å². The Morgan fingerprint density at radius 3 is 2.55 bits per heavy atom. The second kappa shape index (κ2) is 6.40. The summed E-state index contributed by atoms with van der Waals surface area (Å²) in [6.07, 6.45) is 0.0226. The number of hydrogen-bond donors (Lipinski definition) is 1. The lowest BCUT2D eigenvalue weighted by molar-refractivity contribution is -0.133. The fraction of sp³-hybridized carbons (Fsp3) is 0.467. The molecule has 0 saturated heterocycles. The number of ether oxygens (including phenoxy) is 2. The van der Waals surface area contributed by atoms with E-state index in [9.17, 15) is 4.79 Å². The second-order valence-electron chi connectivity index (χ2n) is 5.15. The predicted molar refractivity (Wildman–Crippen MR) is 76.6 cm³/mol. The van der Waals surface area contributed by atoms with Gasteiger partial charge < -0.3 is 14.8 Å². The number of carbonyl (C=O) groups is 1. The molecule has 5 heteroatoms. The molecule has 0 radical (unpaired) electrons. The van der Waals surface area contributed by atoms with Crippen molar-refractivity contribution < 1.29 is 14.3 Å². The summed E-state index contributed by atoms with van der Waals surface area (Å²) in [7, 11) is 1.46. The average Bonchev–Trinajstić information content (AvgIpc) is 2.39. The van der Waals surface area contributed by atoms with Crippen LogP contribution in [0.5, 0.6) is 5.75 Å². The summed E-state index contributed by atoms with van der Waals surface area (Å²) >= 11 is 0. The maximum Gasteiger partial charge on any atom is 0.256 e. The lowest BCUT2D eigenvalue weighted by Crippen LogP contribution is -2.39. The van der Waals surface area contributed by atoms with Crippen LogP contribution in [0.4, 0.5) is 5.69 Å². The number of anilines is 1. The molecule has 1 rings (SSSR count).